The number of hydrogen-bond donors (Lipinski definition) is 0. The highest BCUT2D eigenvalue weighted by Gasteiger charge is 2.14. The first-order valence-electron chi connectivity index (χ1n) is 7.02. The number of para-hydroxylation sites is 1. The summed E-state index contributed by atoms with van der Waals surface area (Å²) in [6.07, 6.45) is 0. The maximum atomic E-state index is 5.59. The minimum Gasteiger partial charge on any atom is -0.497 e. The Morgan fingerprint density at radius 1 is 1.05 bits per heavy atom. The first-order chi connectivity index (χ1) is 10.8. The fourth-order valence-corrected chi connectivity index (χ4v) is 2.11. The number of rotatable bonds is 5. The van der Waals surface area contributed by atoms with Crippen LogP contribution in [0.3, 0.4) is 0 Å². The van der Waals surface area contributed by atoms with Crippen LogP contribution in [0, 0.1) is 0 Å². The van der Waals surface area contributed by atoms with Crippen molar-refractivity contribution in [3.63, 3.8) is 0 Å². The molecule has 3 rings (SSSR count). The fourth-order valence-electron chi connectivity index (χ4n) is 2.11. The van der Waals surface area contributed by atoms with Crippen LogP contribution in [0.5, 0.6) is 11.5 Å². The number of hydrogen-bond acceptors (Lipinski definition) is 5. The van der Waals surface area contributed by atoms with E-state index in [0.717, 1.165) is 22.6 Å². The third kappa shape index (κ3) is 2.79. The lowest BCUT2D eigenvalue weighted by atomic mass is 10.2. The summed E-state index contributed by atoms with van der Waals surface area (Å²) in [6, 6.07) is 15.1. The van der Waals surface area contributed by atoms with Crippen molar-refractivity contribution in [3.8, 4) is 34.3 Å². The van der Waals surface area contributed by atoms with Gasteiger partial charge >= 0.3 is 0 Å². The molecule has 3 aromatic rings. The number of nitrogens with zero attached hydrogens (tertiary/aromatic N) is 2. The predicted octanol–water partition coefficient (Wildman–Crippen LogP) is 3.81. The van der Waals surface area contributed by atoms with Gasteiger partial charge in [-0.3, -0.25) is 0 Å². The molecule has 0 saturated carbocycles. The van der Waals surface area contributed by atoms with Gasteiger partial charge in [0.15, 0.2) is 0 Å². The molecule has 0 aliphatic heterocycles. The lowest BCUT2D eigenvalue weighted by molar-refractivity contribution is 0.339. The Hall–Kier alpha value is -2.82. The van der Waals surface area contributed by atoms with E-state index in [4.69, 9.17) is 14.0 Å². The van der Waals surface area contributed by atoms with Gasteiger partial charge in [0.25, 0.3) is 5.89 Å². The van der Waals surface area contributed by atoms with Gasteiger partial charge in [-0.15, -0.1) is 0 Å². The molecular formula is C17H16N2O3. The second-order valence-electron chi connectivity index (χ2n) is 4.58. The van der Waals surface area contributed by atoms with Gasteiger partial charge in [-0.25, -0.2) is 0 Å². The average Bonchev–Trinajstić information content (AvgIpc) is 3.05. The van der Waals surface area contributed by atoms with Crippen LogP contribution in [0.1, 0.15) is 6.92 Å². The maximum Gasteiger partial charge on any atom is 0.262 e. The van der Waals surface area contributed by atoms with E-state index in [2.05, 4.69) is 10.1 Å². The van der Waals surface area contributed by atoms with Crippen LogP contribution < -0.4 is 9.47 Å². The monoisotopic (exact) mass is 296 g/mol. The molecule has 2 aromatic carbocycles. The zero-order chi connectivity index (χ0) is 15.4. The molecule has 112 valence electrons. The first-order valence-corrected chi connectivity index (χ1v) is 7.02. The van der Waals surface area contributed by atoms with E-state index >= 15 is 0 Å². The molecule has 0 radical (unpaired) electrons. The topological polar surface area (TPSA) is 57.4 Å². The Morgan fingerprint density at radius 2 is 1.82 bits per heavy atom. The van der Waals surface area contributed by atoms with Crippen molar-refractivity contribution < 1.29 is 14.0 Å². The smallest absolute Gasteiger partial charge is 0.262 e. The lowest BCUT2D eigenvalue weighted by Crippen LogP contribution is -1.93. The highest BCUT2D eigenvalue weighted by atomic mass is 16.5. The van der Waals surface area contributed by atoms with Crippen molar-refractivity contribution >= 4 is 0 Å². The van der Waals surface area contributed by atoms with Gasteiger partial charge in [0.2, 0.25) is 5.82 Å². The highest BCUT2D eigenvalue weighted by molar-refractivity contribution is 5.65. The van der Waals surface area contributed by atoms with Crippen LogP contribution in [0.25, 0.3) is 22.8 Å². The molecule has 5 nitrogen and oxygen atoms in total. The zero-order valence-electron chi connectivity index (χ0n) is 12.4. The van der Waals surface area contributed by atoms with Crippen LogP contribution in [0.2, 0.25) is 0 Å². The molecule has 0 spiro atoms. The molecule has 0 aliphatic rings. The molecule has 0 aliphatic carbocycles. The standard InChI is InChI=1S/C17H16N2O3/c1-3-21-15-7-5-4-6-14(15)17-18-16(19-22-17)12-8-10-13(20-2)11-9-12/h4-11H,3H2,1-2H3. The van der Waals surface area contributed by atoms with E-state index in [1.807, 2.05) is 55.5 Å². The molecule has 1 heterocycles. The summed E-state index contributed by atoms with van der Waals surface area (Å²) in [5.41, 5.74) is 1.65. The number of ether oxygens (including phenoxy) is 2. The summed E-state index contributed by atoms with van der Waals surface area (Å²) in [5.74, 6) is 2.49. The highest BCUT2D eigenvalue weighted by Crippen LogP contribution is 2.30. The molecule has 1 aromatic heterocycles. The average molecular weight is 296 g/mol. The largest absolute Gasteiger partial charge is 0.497 e. The lowest BCUT2D eigenvalue weighted by Gasteiger charge is -2.05. The molecule has 0 N–H and O–H groups in total. The third-order valence-electron chi connectivity index (χ3n) is 3.19. The van der Waals surface area contributed by atoms with E-state index in [9.17, 15) is 0 Å². The van der Waals surface area contributed by atoms with E-state index in [1.165, 1.54) is 0 Å². The Bertz CT molecular complexity index is 751. The Balaban J connectivity index is 1.93. The Labute approximate surface area is 128 Å². The molecular weight excluding hydrogens is 280 g/mol. The summed E-state index contributed by atoms with van der Waals surface area (Å²) in [4.78, 5) is 4.45. The molecule has 0 fully saturated rings. The van der Waals surface area contributed by atoms with Crippen LogP contribution in [0.15, 0.2) is 53.1 Å². The Morgan fingerprint density at radius 3 is 2.55 bits per heavy atom. The quantitative estimate of drug-likeness (QED) is 0.716. The van der Waals surface area contributed by atoms with E-state index in [1.54, 1.807) is 7.11 Å². The second kappa shape index (κ2) is 6.30. The van der Waals surface area contributed by atoms with Crippen LogP contribution in [0.4, 0.5) is 0 Å². The first kappa shape index (κ1) is 14.1. The van der Waals surface area contributed by atoms with Gasteiger partial charge in [-0.1, -0.05) is 17.3 Å². The zero-order valence-corrected chi connectivity index (χ0v) is 12.4. The van der Waals surface area contributed by atoms with E-state index < -0.39 is 0 Å². The minimum absolute atomic E-state index is 0.440. The summed E-state index contributed by atoms with van der Waals surface area (Å²) in [6.45, 7) is 2.52. The Kier molecular flexibility index (Phi) is 4.05. The van der Waals surface area contributed by atoms with Crippen molar-refractivity contribution in [2.24, 2.45) is 0 Å². The van der Waals surface area contributed by atoms with Crippen molar-refractivity contribution in [2.75, 3.05) is 13.7 Å². The second-order valence-corrected chi connectivity index (χ2v) is 4.58. The fraction of sp³-hybridized carbons (Fsp3) is 0.176. The van der Waals surface area contributed by atoms with Crippen molar-refractivity contribution in [1.29, 1.82) is 0 Å². The molecule has 0 bridgehead atoms. The van der Waals surface area contributed by atoms with Gasteiger partial charge in [0.05, 0.1) is 19.3 Å². The van der Waals surface area contributed by atoms with Gasteiger partial charge in [-0.2, -0.15) is 4.98 Å². The summed E-state index contributed by atoms with van der Waals surface area (Å²) < 4.78 is 16.1. The van der Waals surface area contributed by atoms with E-state index in [-0.39, 0.29) is 0 Å². The number of benzene rings is 2. The van der Waals surface area contributed by atoms with Gasteiger partial charge in [0.1, 0.15) is 11.5 Å². The molecule has 0 unspecified atom stereocenters. The molecule has 0 saturated heterocycles. The number of methoxy groups -OCH3 is 1. The summed E-state index contributed by atoms with van der Waals surface area (Å²) >= 11 is 0. The SMILES string of the molecule is CCOc1ccccc1-c1nc(-c2ccc(OC)cc2)no1. The van der Waals surface area contributed by atoms with Crippen LogP contribution in [-0.4, -0.2) is 23.9 Å². The molecule has 22 heavy (non-hydrogen) atoms. The normalized spacial score (nSPS) is 10.5. The van der Waals surface area contributed by atoms with Gasteiger partial charge in [0, 0.05) is 5.56 Å². The maximum absolute atomic E-state index is 5.59. The van der Waals surface area contributed by atoms with Crippen molar-refractivity contribution in [2.45, 2.75) is 6.92 Å². The summed E-state index contributed by atoms with van der Waals surface area (Å²) in [5, 5.41) is 4.04. The van der Waals surface area contributed by atoms with E-state index in [0.29, 0.717) is 18.3 Å². The predicted molar refractivity (Wildman–Crippen MR) is 82.9 cm³/mol. The van der Waals surface area contributed by atoms with Gasteiger partial charge < -0.3 is 14.0 Å². The summed E-state index contributed by atoms with van der Waals surface area (Å²) in [7, 11) is 1.63. The minimum atomic E-state index is 0.440. The third-order valence-corrected chi connectivity index (χ3v) is 3.19. The molecule has 0 atom stereocenters. The molecule has 5 heteroatoms. The molecule has 0 amide bonds. The van der Waals surface area contributed by atoms with Crippen LogP contribution in [-0.2, 0) is 0 Å². The number of aromatic nitrogens is 2. The van der Waals surface area contributed by atoms with Gasteiger partial charge in [-0.05, 0) is 43.3 Å². The van der Waals surface area contributed by atoms with Crippen LogP contribution >= 0.6 is 0 Å². The van der Waals surface area contributed by atoms with Crippen molar-refractivity contribution in [1.82, 2.24) is 10.1 Å². The van der Waals surface area contributed by atoms with Crippen molar-refractivity contribution in [3.05, 3.63) is 48.5 Å².